The first-order valence-corrected chi connectivity index (χ1v) is 5.83. The first kappa shape index (κ1) is 10.5. The molecule has 2 rings (SSSR count). The number of benzene rings is 1. The highest BCUT2D eigenvalue weighted by Crippen LogP contribution is 2.31. The van der Waals surface area contributed by atoms with Gasteiger partial charge in [0.15, 0.2) is 0 Å². The molecule has 0 N–H and O–H groups in total. The van der Waals surface area contributed by atoms with Crippen molar-refractivity contribution < 1.29 is 0 Å². The van der Waals surface area contributed by atoms with Crippen LogP contribution in [0, 0.1) is 0 Å². The molecule has 0 radical (unpaired) electrons. The minimum Gasteiger partial charge on any atom is -0.374 e. The normalized spacial score (nSPS) is 16.4. The summed E-state index contributed by atoms with van der Waals surface area (Å²) in [6, 6.07) is 6.97. The van der Waals surface area contributed by atoms with E-state index in [9.17, 15) is 0 Å². The van der Waals surface area contributed by atoms with Crippen molar-refractivity contribution in [3.05, 3.63) is 29.3 Å². The molecule has 1 aromatic rings. The average Bonchev–Trinajstić information content (AvgIpc) is 2.16. The minimum atomic E-state index is 0.257. The van der Waals surface area contributed by atoms with E-state index in [1.165, 1.54) is 36.2 Å². The fraction of sp³-hybridized carbons (Fsp3) is 0.571. The molecule has 0 saturated carbocycles. The Morgan fingerprint density at radius 3 is 2.60 bits per heavy atom. The van der Waals surface area contributed by atoms with E-state index < -0.39 is 0 Å². The molecule has 1 aromatic carbocycles. The van der Waals surface area contributed by atoms with E-state index in [4.69, 9.17) is 0 Å². The molecule has 1 nitrogen and oxygen atoms in total. The molecular formula is C14H21N. The van der Waals surface area contributed by atoms with Crippen molar-refractivity contribution >= 4 is 5.69 Å². The van der Waals surface area contributed by atoms with Gasteiger partial charge in [-0.1, -0.05) is 32.9 Å². The van der Waals surface area contributed by atoms with Crippen molar-refractivity contribution in [2.24, 2.45) is 0 Å². The van der Waals surface area contributed by atoms with Gasteiger partial charge in [0, 0.05) is 19.3 Å². The van der Waals surface area contributed by atoms with Crippen molar-refractivity contribution in [2.75, 3.05) is 18.5 Å². The van der Waals surface area contributed by atoms with Gasteiger partial charge < -0.3 is 4.90 Å². The van der Waals surface area contributed by atoms with Gasteiger partial charge in [0.05, 0.1) is 0 Å². The quantitative estimate of drug-likeness (QED) is 0.625. The van der Waals surface area contributed by atoms with Crippen LogP contribution in [0.2, 0.25) is 0 Å². The molecule has 0 aliphatic carbocycles. The van der Waals surface area contributed by atoms with E-state index in [2.05, 4.69) is 50.9 Å². The zero-order valence-corrected chi connectivity index (χ0v) is 10.3. The Kier molecular flexibility index (Phi) is 2.49. The molecular weight excluding hydrogens is 182 g/mol. The van der Waals surface area contributed by atoms with Crippen LogP contribution in [0.1, 0.15) is 38.3 Å². The fourth-order valence-electron chi connectivity index (χ4n) is 2.22. The Balaban J connectivity index is 2.44. The molecule has 0 fully saturated rings. The van der Waals surface area contributed by atoms with Crippen LogP contribution < -0.4 is 4.90 Å². The molecule has 0 atom stereocenters. The van der Waals surface area contributed by atoms with Crippen LogP contribution in [0.25, 0.3) is 0 Å². The Morgan fingerprint density at radius 1 is 1.20 bits per heavy atom. The van der Waals surface area contributed by atoms with Crippen LogP contribution in [0.3, 0.4) is 0 Å². The van der Waals surface area contributed by atoms with Crippen LogP contribution in [-0.2, 0) is 11.8 Å². The lowest BCUT2D eigenvalue weighted by atomic mass is 9.85. The summed E-state index contributed by atoms with van der Waals surface area (Å²) >= 11 is 0. The summed E-state index contributed by atoms with van der Waals surface area (Å²) in [5.74, 6) is 0. The first-order valence-electron chi connectivity index (χ1n) is 5.83. The van der Waals surface area contributed by atoms with Crippen molar-refractivity contribution in [2.45, 2.75) is 39.0 Å². The lowest BCUT2D eigenvalue weighted by Gasteiger charge is -2.30. The predicted molar refractivity (Wildman–Crippen MR) is 66.7 cm³/mol. The highest BCUT2D eigenvalue weighted by molar-refractivity contribution is 5.57. The van der Waals surface area contributed by atoms with Gasteiger partial charge in [-0.25, -0.2) is 0 Å². The lowest BCUT2D eigenvalue weighted by Crippen LogP contribution is -2.25. The summed E-state index contributed by atoms with van der Waals surface area (Å²) in [6.07, 6.45) is 2.53. The van der Waals surface area contributed by atoms with Gasteiger partial charge in [-0.05, 0) is 35.4 Å². The van der Waals surface area contributed by atoms with E-state index in [1.807, 2.05) is 0 Å². The standard InChI is InChI=1S/C14H21N/c1-14(2,3)12-8-7-11-6-5-9-15(4)13(11)10-12/h7-8,10H,5-6,9H2,1-4H3. The van der Waals surface area contributed by atoms with Gasteiger partial charge in [-0.3, -0.25) is 0 Å². The molecule has 82 valence electrons. The van der Waals surface area contributed by atoms with E-state index in [1.54, 1.807) is 0 Å². The summed E-state index contributed by atoms with van der Waals surface area (Å²) in [5, 5.41) is 0. The first-order chi connectivity index (χ1) is 6.98. The molecule has 0 aromatic heterocycles. The SMILES string of the molecule is CN1CCCc2ccc(C(C)(C)C)cc21. The lowest BCUT2D eigenvalue weighted by molar-refractivity contribution is 0.588. The summed E-state index contributed by atoms with van der Waals surface area (Å²) in [4.78, 5) is 2.38. The second-order valence-corrected chi connectivity index (χ2v) is 5.62. The molecule has 1 heterocycles. The summed E-state index contributed by atoms with van der Waals surface area (Å²) in [6.45, 7) is 8.02. The number of rotatable bonds is 0. The summed E-state index contributed by atoms with van der Waals surface area (Å²) in [5.41, 5.74) is 4.65. The number of hydrogen-bond acceptors (Lipinski definition) is 1. The summed E-state index contributed by atoms with van der Waals surface area (Å²) < 4.78 is 0. The Hall–Kier alpha value is -0.980. The van der Waals surface area contributed by atoms with Crippen molar-refractivity contribution in [3.8, 4) is 0 Å². The Morgan fingerprint density at radius 2 is 1.93 bits per heavy atom. The van der Waals surface area contributed by atoms with Gasteiger partial charge in [-0.2, -0.15) is 0 Å². The second kappa shape index (κ2) is 3.55. The maximum absolute atomic E-state index is 2.38. The number of aryl methyl sites for hydroxylation is 1. The van der Waals surface area contributed by atoms with Gasteiger partial charge in [-0.15, -0.1) is 0 Å². The number of anilines is 1. The maximum Gasteiger partial charge on any atom is 0.0399 e. The van der Waals surface area contributed by atoms with Crippen molar-refractivity contribution in [1.82, 2.24) is 0 Å². The van der Waals surface area contributed by atoms with E-state index in [0.29, 0.717) is 0 Å². The molecule has 0 saturated heterocycles. The van der Waals surface area contributed by atoms with Gasteiger partial charge in [0.2, 0.25) is 0 Å². The molecule has 0 spiro atoms. The molecule has 0 bridgehead atoms. The largest absolute Gasteiger partial charge is 0.374 e. The molecule has 0 unspecified atom stereocenters. The van der Waals surface area contributed by atoms with Crippen LogP contribution in [0.15, 0.2) is 18.2 Å². The zero-order valence-electron chi connectivity index (χ0n) is 10.3. The number of hydrogen-bond donors (Lipinski definition) is 0. The van der Waals surface area contributed by atoms with Gasteiger partial charge in [0.25, 0.3) is 0 Å². The highest BCUT2D eigenvalue weighted by Gasteiger charge is 2.18. The maximum atomic E-state index is 2.38. The minimum absolute atomic E-state index is 0.257. The predicted octanol–water partition coefficient (Wildman–Crippen LogP) is 3.37. The molecule has 15 heavy (non-hydrogen) atoms. The van der Waals surface area contributed by atoms with Crippen LogP contribution in [0.4, 0.5) is 5.69 Å². The highest BCUT2D eigenvalue weighted by atomic mass is 15.1. The summed E-state index contributed by atoms with van der Waals surface area (Å²) in [7, 11) is 2.20. The molecule has 1 aliphatic heterocycles. The third kappa shape index (κ3) is 2.01. The third-order valence-electron chi connectivity index (χ3n) is 3.30. The molecule has 1 heteroatoms. The fourth-order valence-corrected chi connectivity index (χ4v) is 2.22. The Labute approximate surface area is 93.1 Å². The zero-order chi connectivity index (χ0) is 11.1. The number of fused-ring (bicyclic) bond motifs is 1. The Bertz CT molecular complexity index is 360. The van der Waals surface area contributed by atoms with Crippen molar-refractivity contribution in [3.63, 3.8) is 0 Å². The van der Waals surface area contributed by atoms with E-state index >= 15 is 0 Å². The smallest absolute Gasteiger partial charge is 0.0399 e. The van der Waals surface area contributed by atoms with Crippen LogP contribution >= 0.6 is 0 Å². The van der Waals surface area contributed by atoms with E-state index in [0.717, 1.165) is 0 Å². The third-order valence-corrected chi connectivity index (χ3v) is 3.30. The monoisotopic (exact) mass is 203 g/mol. The topological polar surface area (TPSA) is 3.24 Å². The number of nitrogens with zero attached hydrogens (tertiary/aromatic N) is 1. The van der Waals surface area contributed by atoms with Crippen LogP contribution in [-0.4, -0.2) is 13.6 Å². The van der Waals surface area contributed by atoms with E-state index in [-0.39, 0.29) is 5.41 Å². The molecule has 1 aliphatic rings. The molecule has 0 amide bonds. The van der Waals surface area contributed by atoms with Gasteiger partial charge in [0.1, 0.15) is 0 Å². The second-order valence-electron chi connectivity index (χ2n) is 5.62. The van der Waals surface area contributed by atoms with Crippen LogP contribution in [0.5, 0.6) is 0 Å². The van der Waals surface area contributed by atoms with Crippen molar-refractivity contribution in [1.29, 1.82) is 0 Å². The average molecular weight is 203 g/mol. The van der Waals surface area contributed by atoms with Gasteiger partial charge >= 0.3 is 0 Å².